The van der Waals surface area contributed by atoms with Crippen LogP contribution in [0.1, 0.15) is 5.56 Å². The molecule has 0 radical (unpaired) electrons. The van der Waals surface area contributed by atoms with Crippen LogP contribution in [-0.2, 0) is 6.42 Å². The Hall–Kier alpha value is -2.44. The Morgan fingerprint density at radius 2 is 2.40 bits per heavy atom. The van der Waals surface area contributed by atoms with Gasteiger partial charge >= 0.3 is 0 Å². The van der Waals surface area contributed by atoms with E-state index in [0.717, 1.165) is 16.5 Å². The molecule has 1 aromatic heterocycles. The van der Waals surface area contributed by atoms with Crippen molar-refractivity contribution < 1.29 is 0 Å². The van der Waals surface area contributed by atoms with Crippen molar-refractivity contribution in [1.82, 2.24) is 4.98 Å². The van der Waals surface area contributed by atoms with Crippen molar-refractivity contribution >= 4 is 16.6 Å². The van der Waals surface area contributed by atoms with Gasteiger partial charge in [0.25, 0.3) is 0 Å². The molecular formula is C10H7N5. The van der Waals surface area contributed by atoms with E-state index in [1.807, 2.05) is 6.07 Å². The van der Waals surface area contributed by atoms with Gasteiger partial charge in [-0.25, -0.2) is 0 Å². The molecule has 0 saturated carbocycles. The van der Waals surface area contributed by atoms with Crippen molar-refractivity contribution in [2.45, 2.75) is 6.42 Å². The third kappa shape index (κ3) is 1.62. The lowest BCUT2D eigenvalue weighted by molar-refractivity contribution is 1.28. The van der Waals surface area contributed by atoms with Crippen molar-refractivity contribution in [2.24, 2.45) is 5.11 Å². The Labute approximate surface area is 85.6 Å². The maximum absolute atomic E-state index is 8.62. The summed E-state index contributed by atoms with van der Waals surface area (Å²) in [7, 11) is 0. The molecule has 72 valence electrons. The Morgan fingerprint density at radius 3 is 3.13 bits per heavy atom. The molecule has 1 heterocycles. The highest BCUT2D eigenvalue weighted by Crippen LogP contribution is 2.24. The summed E-state index contributed by atoms with van der Waals surface area (Å²) in [5.41, 5.74) is 10.7. The first kappa shape index (κ1) is 9.13. The number of nitrogens with zero attached hydrogens (tertiary/aromatic N) is 4. The van der Waals surface area contributed by atoms with Crippen LogP contribution in [0, 0.1) is 11.3 Å². The molecule has 0 unspecified atom stereocenters. The molecule has 1 aromatic carbocycles. The van der Waals surface area contributed by atoms with Crippen LogP contribution in [0.15, 0.2) is 29.5 Å². The number of rotatable bonds is 2. The smallest absolute Gasteiger partial charge is 0.0670 e. The first-order valence-corrected chi connectivity index (χ1v) is 4.37. The number of nitriles is 1. The monoisotopic (exact) mass is 197 g/mol. The fourth-order valence-electron chi connectivity index (χ4n) is 1.51. The van der Waals surface area contributed by atoms with Gasteiger partial charge in [0.1, 0.15) is 0 Å². The minimum atomic E-state index is 0.347. The Morgan fingerprint density at radius 1 is 1.53 bits per heavy atom. The van der Waals surface area contributed by atoms with Gasteiger partial charge in [-0.1, -0.05) is 11.2 Å². The number of H-pyrrole nitrogens is 1. The van der Waals surface area contributed by atoms with Gasteiger partial charge in [-0.3, -0.25) is 0 Å². The number of azide groups is 1. The molecule has 0 atom stereocenters. The van der Waals surface area contributed by atoms with E-state index in [0.29, 0.717) is 12.1 Å². The van der Waals surface area contributed by atoms with Crippen molar-refractivity contribution in [3.8, 4) is 6.07 Å². The molecule has 5 heteroatoms. The van der Waals surface area contributed by atoms with E-state index in [1.165, 1.54) is 0 Å². The molecular weight excluding hydrogens is 190 g/mol. The fourth-order valence-corrected chi connectivity index (χ4v) is 1.51. The molecule has 2 rings (SSSR count). The van der Waals surface area contributed by atoms with E-state index in [1.54, 1.807) is 18.3 Å². The first-order chi connectivity index (χ1) is 7.35. The van der Waals surface area contributed by atoms with Gasteiger partial charge in [0.2, 0.25) is 0 Å². The zero-order valence-electron chi connectivity index (χ0n) is 7.81. The largest absolute Gasteiger partial charge is 0.361 e. The van der Waals surface area contributed by atoms with Crippen LogP contribution >= 0.6 is 0 Å². The van der Waals surface area contributed by atoms with Crippen LogP contribution in [0.3, 0.4) is 0 Å². The second-order valence-corrected chi connectivity index (χ2v) is 3.07. The van der Waals surface area contributed by atoms with E-state index >= 15 is 0 Å². The first-order valence-electron chi connectivity index (χ1n) is 4.37. The minimum absolute atomic E-state index is 0.347. The van der Waals surface area contributed by atoms with Gasteiger partial charge in [0.05, 0.1) is 12.5 Å². The standard InChI is InChI=1S/C10H7N5/c11-4-3-7-6-13-10-2-1-8(14-15-12)5-9(7)10/h1-2,5-6,13H,3H2. The maximum atomic E-state index is 8.62. The number of aromatic nitrogens is 1. The van der Waals surface area contributed by atoms with Gasteiger partial charge in [-0.15, -0.1) is 0 Å². The summed E-state index contributed by atoms with van der Waals surface area (Å²) in [6, 6.07) is 7.43. The summed E-state index contributed by atoms with van der Waals surface area (Å²) >= 11 is 0. The van der Waals surface area contributed by atoms with E-state index in [2.05, 4.69) is 21.1 Å². The van der Waals surface area contributed by atoms with Crippen molar-refractivity contribution in [1.29, 1.82) is 5.26 Å². The van der Waals surface area contributed by atoms with Crippen molar-refractivity contribution in [3.05, 3.63) is 40.4 Å². The molecule has 2 aromatic rings. The number of hydrogen-bond donors (Lipinski definition) is 1. The van der Waals surface area contributed by atoms with Crippen molar-refractivity contribution in [2.75, 3.05) is 0 Å². The molecule has 1 N–H and O–H groups in total. The number of nitrogens with one attached hydrogen (secondary N) is 1. The van der Waals surface area contributed by atoms with Gasteiger partial charge in [-0.05, 0) is 23.2 Å². The van der Waals surface area contributed by atoms with Gasteiger partial charge in [0, 0.05) is 27.7 Å². The Balaban J connectivity index is 2.62. The molecule has 0 fully saturated rings. The number of fused-ring (bicyclic) bond motifs is 1. The third-order valence-corrected chi connectivity index (χ3v) is 2.18. The lowest BCUT2D eigenvalue weighted by atomic mass is 10.1. The summed E-state index contributed by atoms with van der Waals surface area (Å²) in [4.78, 5) is 5.78. The SMILES string of the molecule is N#CCc1c[nH]c2ccc(N=[N+]=[N-])cc12. The Bertz CT molecular complexity index is 583. The topological polar surface area (TPSA) is 88.3 Å². The predicted octanol–water partition coefficient (Wildman–Crippen LogP) is 3.18. The van der Waals surface area contributed by atoms with E-state index in [9.17, 15) is 0 Å². The average Bonchev–Trinajstić information content (AvgIpc) is 2.63. The highest BCUT2D eigenvalue weighted by Gasteiger charge is 2.03. The van der Waals surface area contributed by atoms with E-state index in [4.69, 9.17) is 10.8 Å². The molecule has 0 bridgehead atoms. The molecule has 0 saturated heterocycles. The maximum Gasteiger partial charge on any atom is 0.0670 e. The number of benzene rings is 1. The molecule has 5 nitrogen and oxygen atoms in total. The third-order valence-electron chi connectivity index (χ3n) is 2.18. The molecule has 0 spiro atoms. The van der Waals surface area contributed by atoms with E-state index < -0.39 is 0 Å². The van der Waals surface area contributed by atoms with Crippen LogP contribution in [-0.4, -0.2) is 4.98 Å². The zero-order chi connectivity index (χ0) is 10.7. The fraction of sp³-hybridized carbons (Fsp3) is 0.100. The lowest BCUT2D eigenvalue weighted by Crippen LogP contribution is -1.76. The molecule has 15 heavy (non-hydrogen) atoms. The zero-order valence-corrected chi connectivity index (χ0v) is 7.81. The predicted molar refractivity (Wildman–Crippen MR) is 56.4 cm³/mol. The normalized spacial score (nSPS) is 9.53. The van der Waals surface area contributed by atoms with Gasteiger partial charge < -0.3 is 4.98 Å². The summed E-state index contributed by atoms with van der Waals surface area (Å²) in [6.45, 7) is 0. The second kappa shape index (κ2) is 3.74. The highest BCUT2D eigenvalue weighted by molar-refractivity contribution is 5.86. The second-order valence-electron chi connectivity index (χ2n) is 3.07. The van der Waals surface area contributed by atoms with Crippen molar-refractivity contribution in [3.63, 3.8) is 0 Å². The molecule has 0 amide bonds. The van der Waals surface area contributed by atoms with Gasteiger partial charge in [-0.2, -0.15) is 5.26 Å². The van der Waals surface area contributed by atoms with Crippen LogP contribution in [0.4, 0.5) is 5.69 Å². The minimum Gasteiger partial charge on any atom is -0.361 e. The molecule has 0 aliphatic heterocycles. The summed E-state index contributed by atoms with van der Waals surface area (Å²) in [5.74, 6) is 0. The number of hydrogen-bond acceptors (Lipinski definition) is 2. The van der Waals surface area contributed by atoms with Gasteiger partial charge in [0.15, 0.2) is 0 Å². The Kier molecular flexibility index (Phi) is 2.28. The van der Waals surface area contributed by atoms with Crippen LogP contribution in [0.5, 0.6) is 0 Å². The van der Waals surface area contributed by atoms with Crippen LogP contribution in [0.25, 0.3) is 21.3 Å². The molecule has 0 aliphatic carbocycles. The molecule has 0 aliphatic rings. The van der Waals surface area contributed by atoms with Crippen LogP contribution < -0.4 is 0 Å². The highest BCUT2D eigenvalue weighted by atomic mass is 15.1. The quantitative estimate of drug-likeness (QED) is 0.447. The summed E-state index contributed by atoms with van der Waals surface area (Å²) in [5, 5.41) is 13.1. The van der Waals surface area contributed by atoms with E-state index in [-0.39, 0.29) is 0 Å². The lowest BCUT2D eigenvalue weighted by Gasteiger charge is -1.94. The number of aromatic amines is 1. The average molecular weight is 197 g/mol. The summed E-state index contributed by atoms with van der Waals surface area (Å²) < 4.78 is 0. The van der Waals surface area contributed by atoms with Crippen LogP contribution in [0.2, 0.25) is 0 Å². The summed E-state index contributed by atoms with van der Waals surface area (Å²) in [6.07, 6.45) is 2.15.